The van der Waals surface area contributed by atoms with Gasteiger partial charge in [0, 0.05) is 12.7 Å². The first-order valence-electron chi connectivity index (χ1n) is 4.54. The minimum absolute atomic E-state index is 0.731. The van der Waals surface area contributed by atoms with Crippen LogP contribution in [-0.2, 0) is 0 Å². The summed E-state index contributed by atoms with van der Waals surface area (Å²) in [7, 11) is 0. The fourth-order valence-corrected chi connectivity index (χ4v) is 1.39. The number of hydrogen-bond donors (Lipinski definition) is 1. The third-order valence-electron chi connectivity index (χ3n) is 1.77. The van der Waals surface area contributed by atoms with Gasteiger partial charge in [0.05, 0.1) is 4.47 Å². The van der Waals surface area contributed by atoms with E-state index < -0.39 is 0 Å². The molecule has 0 saturated heterocycles. The maximum Gasteiger partial charge on any atom is 0.140 e. The van der Waals surface area contributed by atoms with Crippen molar-refractivity contribution in [2.45, 2.75) is 20.3 Å². The van der Waals surface area contributed by atoms with Crippen molar-refractivity contribution < 1.29 is 0 Å². The van der Waals surface area contributed by atoms with Crippen LogP contribution in [0.2, 0.25) is 0 Å². The SMILES string of the molecule is CC(C)CCNc1ncccc1Br. The highest BCUT2D eigenvalue weighted by molar-refractivity contribution is 9.10. The molecule has 0 bridgehead atoms. The van der Waals surface area contributed by atoms with Crippen LogP contribution in [0.15, 0.2) is 22.8 Å². The van der Waals surface area contributed by atoms with Gasteiger partial charge in [-0.15, -0.1) is 0 Å². The van der Waals surface area contributed by atoms with Crippen LogP contribution in [0.25, 0.3) is 0 Å². The van der Waals surface area contributed by atoms with Gasteiger partial charge in [-0.1, -0.05) is 13.8 Å². The predicted molar refractivity (Wildman–Crippen MR) is 59.9 cm³/mol. The summed E-state index contributed by atoms with van der Waals surface area (Å²) in [6, 6.07) is 3.91. The van der Waals surface area contributed by atoms with E-state index in [0.717, 1.165) is 22.8 Å². The Morgan fingerprint density at radius 2 is 2.31 bits per heavy atom. The molecule has 0 aliphatic rings. The largest absolute Gasteiger partial charge is 0.369 e. The summed E-state index contributed by atoms with van der Waals surface area (Å²) < 4.78 is 1.03. The molecule has 0 radical (unpaired) electrons. The summed E-state index contributed by atoms with van der Waals surface area (Å²) in [5, 5.41) is 3.29. The van der Waals surface area contributed by atoms with E-state index in [4.69, 9.17) is 0 Å². The van der Waals surface area contributed by atoms with E-state index in [1.165, 1.54) is 6.42 Å². The van der Waals surface area contributed by atoms with Crippen molar-refractivity contribution in [2.24, 2.45) is 5.92 Å². The van der Waals surface area contributed by atoms with E-state index in [1.807, 2.05) is 12.1 Å². The van der Waals surface area contributed by atoms with Crippen molar-refractivity contribution in [2.75, 3.05) is 11.9 Å². The summed E-state index contributed by atoms with van der Waals surface area (Å²) in [5.41, 5.74) is 0. The van der Waals surface area contributed by atoms with Crippen molar-refractivity contribution in [1.29, 1.82) is 0 Å². The van der Waals surface area contributed by atoms with Crippen molar-refractivity contribution in [3.05, 3.63) is 22.8 Å². The molecule has 72 valence electrons. The van der Waals surface area contributed by atoms with Gasteiger partial charge in [-0.05, 0) is 40.4 Å². The molecule has 0 aromatic carbocycles. The highest BCUT2D eigenvalue weighted by atomic mass is 79.9. The van der Waals surface area contributed by atoms with Gasteiger partial charge in [-0.2, -0.15) is 0 Å². The van der Waals surface area contributed by atoms with Crippen molar-refractivity contribution >= 4 is 21.7 Å². The zero-order chi connectivity index (χ0) is 9.68. The maximum atomic E-state index is 4.22. The van der Waals surface area contributed by atoms with Crippen LogP contribution in [0.5, 0.6) is 0 Å². The molecule has 0 saturated carbocycles. The van der Waals surface area contributed by atoms with Gasteiger partial charge in [-0.25, -0.2) is 4.98 Å². The summed E-state index contributed by atoms with van der Waals surface area (Å²) in [6.07, 6.45) is 2.96. The van der Waals surface area contributed by atoms with Crippen molar-refractivity contribution in [1.82, 2.24) is 4.98 Å². The molecule has 0 fully saturated rings. The van der Waals surface area contributed by atoms with Crippen LogP contribution in [0.4, 0.5) is 5.82 Å². The number of rotatable bonds is 4. The van der Waals surface area contributed by atoms with Gasteiger partial charge >= 0.3 is 0 Å². The third-order valence-corrected chi connectivity index (χ3v) is 2.41. The van der Waals surface area contributed by atoms with Gasteiger partial charge in [0.15, 0.2) is 0 Å². The van der Waals surface area contributed by atoms with E-state index >= 15 is 0 Å². The Morgan fingerprint density at radius 3 is 2.92 bits per heavy atom. The second-order valence-electron chi connectivity index (χ2n) is 3.44. The number of hydrogen-bond acceptors (Lipinski definition) is 2. The normalized spacial score (nSPS) is 10.5. The van der Waals surface area contributed by atoms with E-state index in [9.17, 15) is 0 Å². The first-order chi connectivity index (χ1) is 6.20. The Hall–Kier alpha value is -0.570. The molecule has 1 N–H and O–H groups in total. The number of nitrogens with zero attached hydrogens (tertiary/aromatic N) is 1. The third kappa shape index (κ3) is 3.77. The number of aromatic nitrogens is 1. The predicted octanol–water partition coefficient (Wildman–Crippen LogP) is 3.30. The van der Waals surface area contributed by atoms with E-state index in [-0.39, 0.29) is 0 Å². The Kier molecular flexibility index (Phi) is 4.22. The number of halogens is 1. The molecule has 1 rings (SSSR count). The lowest BCUT2D eigenvalue weighted by Gasteiger charge is -2.08. The summed E-state index contributed by atoms with van der Waals surface area (Å²) >= 11 is 3.44. The average molecular weight is 243 g/mol. The molecule has 0 spiro atoms. The first kappa shape index (κ1) is 10.5. The Morgan fingerprint density at radius 1 is 1.54 bits per heavy atom. The zero-order valence-electron chi connectivity index (χ0n) is 8.05. The van der Waals surface area contributed by atoms with Gasteiger partial charge in [0.1, 0.15) is 5.82 Å². The number of nitrogens with one attached hydrogen (secondary N) is 1. The highest BCUT2D eigenvalue weighted by Crippen LogP contribution is 2.18. The van der Waals surface area contributed by atoms with Crippen molar-refractivity contribution in [3.8, 4) is 0 Å². The van der Waals surface area contributed by atoms with Crippen LogP contribution in [-0.4, -0.2) is 11.5 Å². The van der Waals surface area contributed by atoms with Crippen LogP contribution < -0.4 is 5.32 Å². The van der Waals surface area contributed by atoms with Gasteiger partial charge in [0.2, 0.25) is 0 Å². The van der Waals surface area contributed by atoms with E-state index in [0.29, 0.717) is 0 Å². The number of anilines is 1. The van der Waals surface area contributed by atoms with Crippen molar-refractivity contribution in [3.63, 3.8) is 0 Å². The molecular formula is C10H15BrN2. The Bertz CT molecular complexity index is 261. The van der Waals surface area contributed by atoms with Crippen LogP contribution in [0.1, 0.15) is 20.3 Å². The molecule has 1 aromatic heterocycles. The monoisotopic (exact) mass is 242 g/mol. The lowest BCUT2D eigenvalue weighted by Crippen LogP contribution is -2.06. The van der Waals surface area contributed by atoms with Crippen LogP contribution >= 0.6 is 15.9 Å². The molecule has 0 unspecified atom stereocenters. The smallest absolute Gasteiger partial charge is 0.140 e. The lowest BCUT2D eigenvalue weighted by atomic mass is 10.1. The second kappa shape index (κ2) is 5.22. The quantitative estimate of drug-likeness (QED) is 0.877. The molecule has 0 amide bonds. The first-order valence-corrected chi connectivity index (χ1v) is 5.34. The average Bonchev–Trinajstić information content (AvgIpc) is 2.08. The maximum absolute atomic E-state index is 4.22. The zero-order valence-corrected chi connectivity index (χ0v) is 9.63. The lowest BCUT2D eigenvalue weighted by molar-refractivity contribution is 0.606. The topological polar surface area (TPSA) is 24.9 Å². The molecule has 2 nitrogen and oxygen atoms in total. The Labute approximate surface area is 87.9 Å². The van der Waals surface area contributed by atoms with E-state index in [2.05, 4.69) is 40.1 Å². The molecule has 13 heavy (non-hydrogen) atoms. The molecule has 0 aliphatic heterocycles. The standard InChI is InChI=1S/C10H15BrN2/c1-8(2)5-7-13-10-9(11)4-3-6-12-10/h3-4,6,8H,5,7H2,1-2H3,(H,12,13). The summed E-state index contributed by atoms with van der Waals surface area (Å²) in [4.78, 5) is 4.22. The minimum Gasteiger partial charge on any atom is -0.369 e. The minimum atomic E-state index is 0.731. The van der Waals surface area contributed by atoms with Crippen LogP contribution in [0.3, 0.4) is 0 Å². The Balaban J connectivity index is 2.41. The molecule has 1 aromatic rings. The van der Waals surface area contributed by atoms with Crippen LogP contribution in [0, 0.1) is 5.92 Å². The molecule has 0 aliphatic carbocycles. The molecule has 0 atom stereocenters. The molecule has 3 heteroatoms. The van der Waals surface area contributed by atoms with Gasteiger partial charge in [0.25, 0.3) is 0 Å². The van der Waals surface area contributed by atoms with Gasteiger partial charge in [-0.3, -0.25) is 0 Å². The fraction of sp³-hybridized carbons (Fsp3) is 0.500. The molecule has 1 heterocycles. The fourth-order valence-electron chi connectivity index (χ4n) is 0.995. The summed E-state index contributed by atoms with van der Waals surface area (Å²) in [6.45, 7) is 5.41. The molecular weight excluding hydrogens is 228 g/mol. The second-order valence-corrected chi connectivity index (χ2v) is 4.30. The number of pyridine rings is 1. The highest BCUT2D eigenvalue weighted by Gasteiger charge is 1.99. The van der Waals surface area contributed by atoms with Gasteiger partial charge < -0.3 is 5.32 Å². The van der Waals surface area contributed by atoms with E-state index in [1.54, 1.807) is 6.20 Å². The summed E-state index contributed by atoms with van der Waals surface area (Å²) in [5.74, 6) is 1.66.